The van der Waals surface area contributed by atoms with Crippen molar-refractivity contribution in [3.05, 3.63) is 41.2 Å². The van der Waals surface area contributed by atoms with E-state index in [0.29, 0.717) is 5.02 Å². The van der Waals surface area contributed by atoms with E-state index in [9.17, 15) is 0 Å². The minimum Gasteiger partial charge on any atom is -0.378 e. The molecule has 2 aliphatic rings. The molecule has 0 N–H and O–H groups in total. The van der Waals surface area contributed by atoms with Gasteiger partial charge in [-0.1, -0.05) is 11.6 Å². The van der Waals surface area contributed by atoms with Crippen molar-refractivity contribution in [2.24, 2.45) is 0 Å². The van der Waals surface area contributed by atoms with Gasteiger partial charge in [-0.15, -0.1) is 0 Å². The molecule has 2 fully saturated rings. The highest BCUT2D eigenvalue weighted by Crippen LogP contribution is 2.23. The van der Waals surface area contributed by atoms with Gasteiger partial charge in [-0.25, -0.2) is 9.97 Å². The summed E-state index contributed by atoms with van der Waals surface area (Å²) >= 11 is 6.05. The molecule has 0 radical (unpaired) electrons. The van der Waals surface area contributed by atoms with Crippen LogP contribution in [0.15, 0.2) is 30.5 Å². The number of anilines is 3. The van der Waals surface area contributed by atoms with Gasteiger partial charge in [-0.2, -0.15) is 4.98 Å². The van der Waals surface area contributed by atoms with E-state index in [-0.39, 0.29) is 0 Å². The molecule has 2 aromatic heterocycles. The Morgan fingerprint density at radius 2 is 1.53 bits per heavy atom. The minimum atomic E-state index is 0.676. The highest BCUT2D eigenvalue weighted by molar-refractivity contribution is 6.31. The number of aromatic nitrogens is 4. The predicted molar refractivity (Wildman–Crippen MR) is 119 cm³/mol. The number of aryl methyl sites for hydroxylation is 1. The Bertz CT molecular complexity index is 1050. The lowest BCUT2D eigenvalue weighted by Gasteiger charge is -2.36. The Balaban J connectivity index is 1.30. The van der Waals surface area contributed by atoms with Crippen LogP contribution in [0, 0.1) is 6.92 Å². The van der Waals surface area contributed by atoms with Crippen molar-refractivity contribution >= 4 is 40.2 Å². The van der Waals surface area contributed by atoms with Crippen molar-refractivity contribution in [3.8, 4) is 0 Å². The fourth-order valence-electron chi connectivity index (χ4n) is 3.89. The Hall–Kier alpha value is -2.71. The van der Waals surface area contributed by atoms with Crippen molar-refractivity contribution < 1.29 is 4.74 Å². The lowest BCUT2D eigenvalue weighted by molar-refractivity contribution is 0.122. The summed E-state index contributed by atoms with van der Waals surface area (Å²) in [6.07, 6.45) is 1.83. The Morgan fingerprint density at radius 3 is 2.30 bits per heavy atom. The summed E-state index contributed by atoms with van der Waals surface area (Å²) in [4.78, 5) is 25.6. The average Bonchev–Trinajstić information content (AvgIpc) is 2.79. The molecule has 0 amide bonds. The molecule has 0 aliphatic carbocycles. The van der Waals surface area contributed by atoms with Gasteiger partial charge in [0.2, 0.25) is 5.95 Å². The second-order valence-electron chi connectivity index (χ2n) is 7.60. The molecular formula is C21H24ClN7O. The van der Waals surface area contributed by atoms with E-state index >= 15 is 0 Å². The Morgan fingerprint density at radius 1 is 0.800 bits per heavy atom. The van der Waals surface area contributed by atoms with Gasteiger partial charge < -0.3 is 19.4 Å². The zero-order chi connectivity index (χ0) is 20.5. The third kappa shape index (κ3) is 3.97. The van der Waals surface area contributed by atoms with Crippen LogP contribution in [0.3, 0.4) is 0 Å². The third-order valence-corrected chi connectivity index (χ3v) is 5.78. The molecule has 0 spiro atoms. The summed E-state index contributed by atoms with van der Waals surface area (Å²) in [6.45, 7) is 8.63. The molecule has 8 nitrogen and oxygen atoms in total. The summed E-state index contributed by atoms with van der Waals surface area (Å²) in [5, 5.41) is 0.676. The number of nitrogens with zero attached hydrogens (tertiary/aromatic N) is 7. The summed E-state index contributed by atoms with van der Waals surface area (Å²) in [5.74, 6) is 2.69. The van der Waals surface area contributed by atoms with Crippen LogP contribution in [-0.2, 0) is 4.74 Å². The van der Waals surface area contributed by atoms with Crippen LogP contribution in [0.1, 0.15) is 5.69 Å². The number of rotatable bonds is 3. The first kappa shape index (κ1) is 19.3. The number of hydrogen-bond acceptors (Lipinski definition) is 8. The maximum Gasteiger partial charge on any atom is 0.227 e. The van der Waals surface area contributed by atoms with Crippen molar-refractivity contribution in [1.29, 1.82) is 0 Å². The quantitative estimate of drug-likeness (QED) is 0.634. The SMILES string of the molecule is Cc1cc(N2CCN(c3cnc4cc(Cl)ccc4n3)CC2)nc(N2CCOCC2)n1. The molecule has 156 valence electrons. The smallest absolute Gasteiger partial charge is 0.227 e. The molecular weight excluding hydrogens is 402 g/mol. The van der Waals surface area contributed by atoms with Crippen LogP contribution < -0.4 is 14.7 Å². The molecule has 1 aromatic carbocycles. The summed E-state index contributed by atoms with van der Waals surface area (Å²) in [7, 11) is 0. The van der Waals surface area contributed by atoms with Crippen LogP contribution in [0.4, 0.5) is 17.6 Å². The highest BCUT2D eigenvalue weighted by atomic mass is 35.5. The van der Waals surface area contributed by atoms with Crippen molar-refractivity contribution in [3.63, 3.8) is 0 Å². The predicted octanol–water partition coefficient (Wildman–Crippen LogP) is 2.54. The second kappa shape index (κ2) is 8.20. The zero-order valence-electron chi connectivity index (χ0n) is 17.0. The first-order chi connectivity index (χ1) is 14.7. The van der Waals surface area contributed by atoms with Gasteiger partial charge >= 0.3 is 0 Å². The molecule has 2 saturated heterocycles. The number of fused-ring (bicyclic) bond motifs is 1. The molecule has 0 atom stereocenters. The molecule has 0 saturated carbocycles. The van der Waals surface area contributed by atoms with Gasteiger partial charge in [-0.05, 0) is 25.1 Å². The van der Waals surface area contributed by atoms with E-state index in [1.165, 1.54) is 0 Å². The van der Waals surface area contributed by atoms with Gasteiger partial charge in [0.15, 0.2) is 0 Å². The van der Waals surface area contributed by atoms with Gasteiger partial charge in [-0.3, -0.25) is 4.98 Å². The van der Waals surface area contributed by atoms with E-state index in [4.69, 9.17) is 26.3 Å². The fraction of sp³-hybridized carbons (Fsp3) is 0.429. The lowest BCUT2D eigenvalue weighted by atomic mass is 10.2. The monoisotopic (exact) mass is 425 g/mol. The van der Waals surface area contributed by atoms with Crippen molar-refractivity contribution in [1.82, 2.24) is 19.9 Å². The number of morpholine rings is 1. The molecule has 0 bridgehead atoms. The largest absolute Gasteiger partial charge is 0.378 e. The minimum absolute atomic E-state index is 0.676. The van der Waals surface area contributed by atoms with Crippen LogP contribution in [-0.4, -0.2) is 72.4 Å². The average molecular weight is 426 g/mol. The summed E-state index contributed by atoms with van der Waals surface area (Å²) in [6, 6.07) is 7.68. The second-order valence-corrected chi connectivity index (χ2v) is 8.04. The van der Waals surface area contributed by atoms with Gasteiger partial charge in [0.1, 0.15) is 11.6 Å². The molecule has 2 aliphatic heterocycles. The Labute approximate surface area is 180 Å². The molecule has 9 heteroatoms. The highest BCUT2D eigenvalue weighted by Gasteiger charge is 2.22. The van der Waals surface area contributed by atoms with Crippen LogP contribution in [0.2, 0.25) is 5.02 Å². The third-order valence-electron chi connectivity index (χ3n) is 5.54. The zero-order valence-corrected chi connectivity index (χ0v) is 17.7. The molecule has 30 heavy (non-hydrogen) atoms. The Kier molecular flexibility index (Phi) is 5.26. The first-order valence-electron chi connectivity index (χ1n) is 10.3. The number of hydrogen-bond donors (Lipinski definition) is 0. The number of halogens is 1. The number of benzene rings is 1. The van der Waals surface area contributed by atoms with Crippen molar-refractivity contribution in [2.75, 3.05) is 67.2 Å². The standard InChI is InChI=1S/C21H24ClN7O/c1-15-12-19(26-21(24-15)29-8-10-30-11-9-29)27-4-6-28(7-5-27)20-14-23-18-13-16(22)2-3-17(18)25-20/h2-3,12-14H,4-11H2,1H3. The van der Waals surface area contributed by atoms with Crippen LogP contribution in [0.25, 0.3) is 11.0 Å². The van der Waals surface area contributed by atoms with E-state index in [1.807, 2.05) is 31.3 Å². The normalized spacial score (nSPS) is 17.6. The summed E-state index contributed by atoms with van der Waals surface area (Å²) in [5.41, 5.74) is 2.67. The summed E-state index contributed by atoms with van der Waals surface area (Å²) < 4.78 is 5.45. The van der Waals surface area contributed by atoms with Gasteiger partial charge in [0, 0.05) is 56.1 Å². The molecule has 5 rings (SSSR count). The fourth-order valence-corrected chi connectivity index (χ4v) is 4.06. The van der Waals surface area contributed by atoms with E-state index in [1.54, 1.807) is 0 Å². The van der Waals surface area contributed by atoms with E-state index in [0.717, 1.165) is 86.8 Å². The first-order valence-corrected chi connectivity index (χ1v) is 10.6. The van der Waals surface area contributed by atoms with Crippen LogP contribution in [0.5, 0.6) is 0 Å². The van der Waals surface area contributed by atoms with E-state index in [2.05, 4.69) is 30.7 Å². The lowest BCUT2D eigenvalue weighted by Crippen LogP contribution is -2.47. The number of piperazine rings is 1. The van der Waals surface area contributed by atoms with Crippen LogP contribution >= 0.6 is 11.6 Å². The molecule has 4 heterocycles. The van der Waals surface area contributed by atoms with Crippen molar-refractivity contribution in [2.45, 2.75) is 6.92 Å². The van der Waals surface area contributed by atoms with Gasteiger partial charge in [0.25, 0.3) is 0 Å². The maximum absolute atomic E-state index is 6.05. The molecule has 0 unspecified atom stereocenters. The molecule has 3 aromatic rings. The number of ether oxygens (including phenoxy) is 1. The van der Waals surface area contributed by atoms with Gasteiger partial charge in [0.05, 0.1) is 30.4 Å². The van der Waals surface area contributed by atoms with E-state index < -0.39 is 0 Å². The maximum atomic E-state index is 6.05. The topological polar surface area (TPSA) is 70.5 Å².